The molecule has 0 heterocycles. The first kappa shape index (κ1) is 9.28. The van der Waals surface area contributed by atoms with Gasteiger partial charge in [-0.15, -0.1) is 0 Å². The van der Waals surface area contributed by atoms with Crippen LogP contribution in [-0.4, -0.2) is 13.9 Å². The van der Waals surface area contributed by atoms with Crippen LogP contribution in [-0.2, 0) is 0 Å². The highest BCUT2D eigenvalue weighted by Gasteiger charge is 1.97. The maximum atomic E-state index is 9.45. The Bertz CT molecular complexity index is 463. The third kappa shape index (κ3) is 1.53. The van der Waals surface area contributed by atoms with E-state index in [1.165, 1.54) is 16.0 Å². The number of hydrogen-bond donors (Lipinski definition) is 1. The van der Waals surface area contributed by atoms with E-state index in [0.717, 1.165) is 0 Å². The highest BCUT2D eigenvalue weighted by atomic mass is 28.3. The van der Waals surface area contributed by atoms with Crippen molar-refractivity contribution >= 4 is 24.8 Å². The largest absolute Gasteiger partial charge is 0.508 e. The summed E-state index contributed by atoms with van der Waals surface area (Å²) in [5, 5.41) is 13.3. The summed E-state index contributed by atoms with van der Waals surface area (Å²) >= 11 is 0. The maximum Gasteiger partial charge on any atom is 0.116 e. The van der Waals surface area contributed by atoms with Crippen LogP contribution in [0.2, 0.25) is 13.1 Å². The molecule has 2 heteroatoms. The Hall–Kier alpha value is -1.28. The molecule has 0 spiro atoms. The number of phenolic OH excluding ortho intramolecular Hbond substituents is 1. The monoisotopic (exact) mass is 201 g/mol. The van der Waals surface area contributed by atoms with E-state index in [9.17, 15) is 5.11 Å². The van der Waals surface area contributed by atoms with Crippen LogP contribution < -0.4 is 5.19 Å². The number of fused-ring (bicyclic) bond motifs is 1. The first-order chi connectivity index (χ1) is 6.68. The molecule has 0 bridgehead atoms. The summed E-state index contributed by atoms with van der Waals surface area (Å²) in [6.07, 6.45) is 0. The van der Waals surface area contributed by atoms with Crippen LogP contribution in [0.5, 0.6) is 5.75 Å². The van der Waals surface area contributed by atoms with Gasteiger partial charge in [-0.3, -0.25) is 8.80 Å². The Labute approximate surface area is 85.6 Å². The number of rotatable bonds is 1. The fraction of sp³-hybridized carbons (Fsp3) is 0.167. The van der Waals surface area contributed by atoms with Gasteiger partial charge in [-0.2, -0.15) is 18.3 Å². The van der Waals surface area contributed by atoms with Crippen LogP contribution in [0.25, 0.3) is 10.8 Å². The van der Waals surface area contributed by atoms with Gasteiger partial charge < -0.3 is 5.11 Å². The lowest BCUT2D eigenvalue weighted by Gasteiger charge is -2.21. The van der Waals surface area contributed by atoms with Crippen molar-refractivity contribution in [2.24, 2.45) is 0 Å². The number of aromatic hydroxyl groups is 1. The molecule has 0 fully saturated rings. The Morgan fingerprint density at radius 1 is 1.07 bits per heavy atom. The van der Waals surface area contributed by atoms with Crippen molar-refractivity contribution in [2.45, 2.75) is 13.1 Å². The second-order valence-corrected chi connectivity index (χ2v) is 6.25. The average molecular weight is 201 g/mol. The maximum absolute atomic E-state index is 9.45. The predicted octanol–water partition coefficient (Wildman–Crippen LogP) is 2.51. The van der Waals surface area contributed by atoms with Crippen molar-refractivity contribution in [3.05, 3.63) is 36.4 Å². The van der Waals surface area contributed by atoms with E-state index in [2.05, 4.69) is 31.3 Å². The number of phenols is 1. The standard InChI is InChI=1S/C12H13OSi/c1-14(2)12-5-3-4-9-6-7-10(13)8-11(9)12/h3-8,13H,1-2H3/q-1. The van der Waals surface area contributed by atoms with Crippen LogP contribution in [0.1, 0.15) is 0 Å². The predicted molar refractivity (Wildman–Crippen MR) is 62.7 cm³/mol. The van der Waals surface area contributed by atoms with Gasteiger partial charge in [0.25, 0.3) is 0 Å². The minimum atomic E-state index is -0.465. The first-order valence-electron chi connectivity index (χ1n) is 4.71. The van der Waals surface area contributed by atoms with Crippen molar-refractivity contribution in [2.75, 3.05) is 0 Å². The van der Waals surface area contributed by atoms with Gasteiger partial charge in [0.2, 0.25) is 0 Å². The zero-order valence-electron chi connectivity index (χ0n) is 8.41. The second kappa shape index (κ2) is 3.46. The highest BCUT2D eigenvalue weighted by molar-refractivity contribution is 6.73. The molecular formula is C12H13OSi-. The van der Waals surface area contributed by atoms with E-state index in [-0.39, 0.29) is 0 Å². The fourth-order valence-corrected chi connectivity index (χ4v) is 2.88. The van der Waals surface area contributed by atoms with Crippen LogP contribution in [0, 0.1) is 0 Å². The van der Waals surface area contributed by atoms with Gasteiger partial charge >= 0.3 is 0 Å². The molecule has 0 aromatic heterocycles. The summed E-state index contributed by atoms with van der Waals surface area (Å²) in [5.41, 5.74) is 0. The molecule has 0 atom stereocenters. The molecule has 2 rings (SSSR count). The summed E-state index contributed by atoms with van der Waals surface area (Å²) < 4.78 is 0. The molecule has 1 nitrogen and oxygen atoms in total. The molecule has 0 aliphatic carbocycles. The van der Waals surface area contributed by atoms with E-state index < -0.39 is 8.80 Å². The molecule has 1 N–H and O–H groups in total. The molecule has 72 valence electrons. The minimum Gasteiger partial charge on any atom is -0.508 e. The van der Waals surface area contributed by atoms with Crippen LogP contribution in [0.4, 0.5) is 0 Å². The normalized spacial score (nSPS) is 10.4. The molecule has 0 amide bonds. The molecule has 0 saturated heterocycles. The van der Waals surface area contributed by atoms with E-state index in [0.29, 0.717) is 5.75 Å². The van der Waals surface area contributed by atoms with E-state index in [4.69, 9.17) is 0 Å². The first-order valence-corrected chi connectivity index (χ1v) is 7.21. The average Bonchev–Trinajstić information content (AvgIpc) is 2.16. The van der Waals surface area contributed by atoms with E-state index in [1.807, 2.05) is 12.1 Å². The Morgan fingerprint density at radius 3 is 2.57 bits per heavy atom. The Kier molecular flexibility index (Phi) is 2.29. The zero-order chi connectivity index (χ0) is 10.1. The van der Waals surface area contributed by atoms with Crippen LogP contribution in [0.15, 0.2) is 36.4 Å². The quantitative estimate of drug-likeness (QED) is 0.703. The van der Waals surface area contributed by atoms with Crippen molar-refractivity contribution in [1.82, 2.24) is 0 Å². The Balaban J connectivity index is 2.77. The molecule has 0 radical (unpaired) electrons. The lowest BCUT2D eigenvalue weighted by molar-refractivity contribution is 0.476. The van der Waals surface area contributed by atoms with E-state index in [1.54, 1.807) is 6.07 Å². The molecule has 0 saturated carbocycles. The number of benzene rings is 2. The molecule has 14 heavy (non-hydrogen) atoms. The van der Waals surface area contributed by atoms with E-state index >= 15 is 0 Å². The van der Waals surface area contributed by atoms with Crippen molar-refractivity contribution < 1.29 is 5.11 Å². The van der Waals surface area contributed by atoms with Gasteiger partial charge in [0.15, 0.2) is 0 Å². The molecule has 2 aromatic carbocycles. The van der Waals surface area contributed by atoms with Gasteiger partial charge in [-0.1, -0.05) is 24.3 Å². The van der Waals surface area contributed by atoms with Gasteiger partial charge in [0, 0.05) is 0 Å². The summed E-state index contributed by atoms with van der Waals surface area (Å²) in [7, 11) is -0.465. The lowest BCUT2D eigenvalue weighted by atomic mass is 10.1. The van der Waals surface area contributed by atoms with Gasteiger partial charge in [0.05, 0.1) is 0 Å². The lowest BCUT2D eigenvalue weighted by Crippen LogP contribution is -2.22. The molecule has 0 aliphatic heterocycles. The molecule has 0 unspecified atom stereocenters. The minimum absolute atomic E-state index is 0.355. The van der Waals surface area contributed by atoms with Crippen molar-refractivity contribution in [3.8, 4) is 5.75 Å². The summed E-state index contributed by atoms with van der Waals surface area (Å²) in [6.45, 7) is 4.53. The SMILES string of the molecule is C[Si-](C)c1cccc2ccc(O)cc12. The fourth-order valence-electron chi connectivity index (χ4n) is 1.70. The van der Waals surface area contributed by atoms with Gasteiger partial charge in [-0.25, -0.2) is 0 Å². The third-order valence-corrected chi connectivity index (χ3v) is 3.92. The second-order valence-electron chi connectivity index (χ2n) is 3.71. The summed E-state index contributed by atoms with van der Waals surface area (Å²) in [5.74, 6) is 0.355. The van der Waals surface area contributed by atoms with Crippen LogP contribution >= 0.6 is 0 Å². The molecule has 0 aliphatic rings. The van der Waals surface area contributed by atoms with Crippen molar-refractivity contribution in [3.63, 3.8) is 0 Å². The summed E-state index contributed by atoms with van der Waals surface area (Å²) in [4.78, 5) is 0. The molecular weight excluding hydrogens is 188 g/mol. The highest BCUT2D eigenvalue weighted by Crippen LogP contribution is 2.18. The number of hydrogen-bond acceptors (Lipinski definition) is 1. The van der Waals surface area contributed by atoms with Crippen LogP contribution in [0.3, 0.4) is 0 Å². The molecule has 2 aromatic rings. The topological polar surface area (TPSA) is 20.2 Å². The smallest absolute Gasteiger partial charge is 0.116 e. The zero-order valence-corrected chi connectivity index (χ0v) is 9.41. The van der Waals surface area contributed by atoms with Crippen molar-refractivity contribution in [1.29, 1.82) is 0 Å². The Morgan fingerprint density at radius 2 is 1.86 bits per heavy atom. The third-order valence-electron chi connectivity index (χ3n) is 2.40. The van der Waals surface area contributed by atoms with Gasteiger partial charge in [-0.05, 0) is 22.9 Å². The summed E-state index contributed by atoms with van der Waals surface area (Å²) in [6, 6.07) is 11.9. The van der Waals surface area contributed by atoms with Gasteiger partial charge in [0.1, 0.15) is 5.75 Å².